The highest BCUT2D eigenvalue weighted by atomic mass is 35.5. The molecule has 2 heterocycles. The van der Waals surface area contributed by atoms with Crippen molar-refractivity contribution < 1.29 is 9.32 Å². The van der Waals surface area contributed by atoms with Gasteiger partial charge in [0, 0.05) is 23.7 Å². The summed E-state index contributed by atoms with van der Waals surface area (Å²) in [5.41, 5.74) is 1.83. The molecular formula is C22H19ClN4O3. The molecule has 7 nitrogen and oxygen atoms in total. The van der Waals surface area contributed by atoms with Crippen molar-refractivity contribution in [1.82, 2.24) is 19.6 Å². The number of carbonyl (C=O) groups is 1. The number of hydrogen-bond acceptors (Lipinski definition) is 5. The van der Waals surface area contributed by atoms with Gasteiger partial charge in [-0.2, -0.15) is 0 Å². The quantitative estimate of drug-likeness (QED) is 0.472. The van der Waals surface area contributed by atoms with Crippen molar-refractivity contribution in [3.8, 4) is 11.3 Å². The molecule has 0 saturated carbocycles. The van der Waals surface area contributed by atoms with Gasteiger partial charge in [-0.25, -0.2) is 4.98 Å². The zero-order valence-electron chi connectivity index (χ0n) is 16.3. The number of aromatic nitrogens is 3. The number of rotatable bonds is 6. The van der Waals surface area contributed by atoms with Crippen molar-refractivity contribution in [2.24, 2.45) is 0 Å². The lowest BCUT2D eigenvalue weighted by Gasteiger charge is -2.21. The summed E-state index contributed by atoms with van der Waals surface area (Å²) in [6.07, 6.45) is 1.32. The van der Waals surface area contributed by atoms with Gasteiger partial charge in [-0.3, -0.25) is 14.2 Å². The molecule has 0 atom stereocenters. The molecule has 0 aliphatic carbocycles. The third kappa shape index (κ3) is 3.97. The number of likely N-dealkylation sites (N-methyl/N-ethyl adjacent to an activating group) is 1. The van der Waals surface area contributed by atoms with Gasteiger partial charge in [0.2, 0.25) is 5.91 Å². The van der Waals surface area contributed by atoms with Crippen LogP contribution in [0.5, 0.6) is 0 Å². The molecule has 0 unspecified atom stereocenters. The first-order valence-corrected chi connectivity index (χ1v) is 9.87. The van der Waals surface area contributed by atoms with Gasteiger partial charge in [-0.05, 0) is 24.6 Å². The zero-order chi connectivity index (χ0) is 21.1. The Morgan fingerprint density at radius 3 is 2.57 bits per heavy atom. The minimum absolute atomic E-state index is 0.117. The average molecular weight is 423 g/mol. The summed E-state index contributed by atoms with van der Waals surface area (Å²) in [4.78, 5) is 31.8. The van der Waals surface area contributed by atoms with Crippen molar-refractivity contribution in [1.29, 1.82) is 0 Å². The van der Waals surface area contributed by atoms with Gasteiger partial charge in [0.25, 0.3) is 11.3 Å². The fraction of sp³-hybridized carbons (Fsp3) is 0.182. The van der Waals surface area contributed by atoms with E-state index in [0.717, 1.165) is 5.56 Å². The second-order valence-electron chi connectivity index (χ2n) is 6.79. The predicted molar refractivity (Wildman–Crippen MR) is 114 cm³/mol. The molecule has 4 aromatic rings. The Kier molecular flexibility index (Phi) is 5.63. The standard InChI is InChI=1S/C22H19ClN4O3/c1-2-26(12-15-6-4-3-5-7-15)18(28)13-27-14-24-21-19(22(27)29)20(25-30-21)16-8-10-17(23)11-9-16/h3-11,14H,2,12-13H2,1H3. The molecule has 30 heavy (non-hydrogen) atoms. The van der Waals surface area contributed by atoms with E-state index in [9.17, 15) is 9.59 Å². The van der Waals surface area contributed by atoms with Crippen LogP contribution in [-0.2, 0) is 17.9 Å². The largest absolute Gasteiger partial charge is 0.337 e. The van der Waals surface area contributed by atoms with E-state index >= 15 is 0 Å². The number of carbonyl (C=O) groups excluding carboxylic acids is 1. The number of halogens is 1. The summed E-state index contributed by atoms with van der Waals surface area (Å²) in [7, 11) is 0. The van der Waals surface area contributed by atoms with Crippen LogP contribution < -0.4 is 5.56 Å². The van der Waals surface area contributed by atoms with Crippen LogP contribution >= 0.6 is 11.6 Å². The van der Waals surface area contributed by atoms with Gasteiger partial charge in [-0.1, -0.05) is 59.2 Å². The number of nitrogens with zero attached hydrogens (tertiary/aromatic N) is 4. The Balaban J connectivity index is 1.63. The van der Waals surface area contributed by atoms with Crippen molar-refractivity contribution >= 4 is 28.6 Å². The Morgan fingerprint density at radius 1 is 1.13 bits per heavy atom. The molecular weight excluding hydrogens is 404 g/mol. The summed E-state index contributed by atoms with van der Waals surface area (Å²) >= 11 is 5.94. The maximum absolute atomic E-state index is 13.1. The minimum Gasteiger partial charge on any atom is -0.337 e. The lowest BCUT2D eigenvalue weighted by Crippen LogP contribution is -2.36. The zero-order valence-corrected chi connectivity index (χ0v) is 17.0. The lowest BCUT2D eigenvalue weighted by atomic mass is 10.1. The van der Waals surface area contributed by atoms with E-state index in [0.29, 0.717) is 29.4 Å². The Hall–Kier alpha value is -3.45. The maximum Gasteiger partial charge on any atom is 0.267 e. The molecule has 0 aliphatic heterocycles. The van der Waals surface area contributed by atoms with E-state index in [1.807, 2.05) is 37.3 Å². The molecule has 2 aromatic heterocycles. The fourth-order valence-electron chi connectivity index (χ4n) is 3.22. The van der Waals surface area contributed by atoms with Gasteiger partial charge < -0.3 is 9.42 Å². The van der Waals surface area contributed by atoms with Crippen molar-refractivity contribution in [2.75, 3.05) is 6.54 Å². The van der Waals surface area contributed by atoms with Crippen molar-refractivity contribution in [3.63, 3.8) is 0 Å². The highest BCUT2D eigenvalue weighted by Crippen LogP contribution is 2.25. The van der Waals surface area contributed by atoms with Crippen LogP contribution in [0.1, 0.15) is 12.5 Å². The van der Waals surface area contributed by atoms with Crippen LogP contribution in [0.2, 0.25) is 5.02 Å². The Morgan fingerprint density at radius 2 is 1.87 bits per heavy atom. The van der Waals surface area contributed by atoms with E-state index in [2.05, 4.69) is 10.1 Å². The second-order valence-corrected chi connectivity index (χ2v) is 7.23. The molecule has 0 saturated heterocycles. The van der Waals surface area contributed by atoms with E-state index in [1.54, 1.807) is 29.2 Å². The molecule has 152 valence electrons. The molecule has 0 radical (unpaired) electrons. The number of benzene rings is 2. The average Bonchev–Trinajstić information content (AvgIpc) is 3.20. The van der Waals surface area contributed by atoms with Crippen LogP contribution in [0, 0.1) is 0 Å². The lowest BCUT2D eigenvalue weighted by molar-refractivity contribution is -0.132. The maximum atomic E-state index is 13.1. The first-order chi connectivity index (χ1) is 14.6. The SMILES string of the molecule is CCN(Cc1ccccc1)C(=O)Cn1cnc2onc(-c3ccc(Cl)cc3)c2c1=O. The summed E-state index contributed by atoms with van der Waals surface area (Å²) in [5.74, 6) is -0.172. The summed E-state index contributed by atoms with van der Waals surface area (Å²) in [6.45, 7) is 2.79. The van der Waals surface area contributed by atoms with Gasteiger partial charge in [-0.15, -0.1) is 0 Å². The molecule has 1 amide bonds. The molecule has 0 N–H and O–H groups in total. The molecule has 2 aromatic carbocycles. The highest BCUT2D eigenvalue weighted by Gasteiger charge is 2.19. The monoisotopic (exact) mass is 422 g/mol. The molecule has 0 spiro atoms. The van der Waals surface area contributed by atoms with Crippen LogP contribution in [0.25, 0.3) is 22.4 Å². The molecule has 0 bridgehead atoms. The minimum atomic E-state index is -0.379. The van der Waals surface area contributed by atoms with Crippen LogP contribution in [0.4, 0.5) is 0 Å². The fourth-order valence-corrected chi connectivity index (χ4v) is 3.35. The second kappa shape index (κ2) is 8.51. The van der Waals surface area contributed by atoms with Crippen LogP contribution in [0.3, 0.4) is 0 Å². The molecule has 0 aliphatic rings. The van der Waals surface area contributed by atoms with Gasteiger partial charge in [0.15, 0.2) is 0 Å². The summed E-state index contributed by atoms with van der Waals surface area (Å²) in [6, 6.07) is 16.6. The van der Waals surface area contributed by atoms with E-state index in [-0.39, 0.29) is 29.1 Å². The topological polar surface area (TPSA) is 81.2 Å². The van der Waals surface area contributed by atoms with E-state index < -0.39 is 0 Å². The van der Waals surface area contributed by atoms with Crippen LogP contribution in [-0.4, -0.2) is 32.1 Å². The van der Waals surface area contributed by atoms with Crippen molar-refractivity contribution in [2.45, 2.75) is 20.0 Å². The number of fused-ring (bicyclic) bond motifs is 1. The van der Waals surface area contributed by atoms with Crippen LogP contribution in [0.15, 0.2) is 70.2 Å². The smallest absolute Gasteiger partial charge is 0.267 e. The van der Waals surface area contributed by atoms with E-state index in [4.69, 9.17) is 16.1 Å². The number of amides is 1. The third-order valence-electron chi connectivity index (χ3n) is 4.84. The summed E-state index contributed by atoms with van der Waals surface area (Å²) in [5, 5.41) is 4.80. The molecule has 8 heteroatoms. The molecule has 0 fully saturated rings. The first kappa shape index (κ1) is 19.8. The Labute approximate surface area is 177 Å². The third-order valence-corrected chi connectivity index (χ3v) is 5.09. The van der Waals surface area contributed by atoms with E-state index in [1.165, 1.54) is 10.9 Å². The van der Waals surface area contributed by atoms with Gasteiger partial charge in [0.1, 0.15) is 24.0 Å². The normalized spacial score (nSPS) is 11.0. The predicted octanol–water partition coefficient (Wildman–Crippen LogP) is 3.75. The Bertz CT molecular complexity index is 1230. The van der Waals surface area contributed by atoms with Gasteiger partial charge in [0.05, 0.1) is 0 Å². The summed E-state index contributed by atoms with van der Waals surface area (Å²) < 4.78 is 6.51. The number of hydrogen-bond donors (Lipinski definition) is 0. The first-order valence-electron chi connectivity index (χ1n) is 9.49. The van der Waals surface area contributed by atoms with Gasteiger partial charge >= 0.3 is 0 Å². The highest BCUT2D eigenvalue weighted by molar-refractivity contribution is 6.30. The molecule has 4 rings (SSSR count). The van der Waals surface area contributed by atoms with Crippen molar-refractivity contribution in [3.05, 3.63) is 81.9 Å².